The average Bonchev–Trinajstić information content (AvgIpc) is 3.01. The second-order valence-corrected chi connectivity index (χ2v) is 9.13. The largest absolute Gasteiger partial charge is 0.419 e. The number of aryl methyl sites for hydroxylation is 1. The highest BCUT2D eigenvalue weighted by molar-refractivity contribution is 7.89. The highest BCUT2D eigenvalue weighted by atomic mass is 32.2. The van der Waals surface area contributed by atoms with Crippen molar-refractivity contribution in [3.05, 3.63) is 28.7 Å². The van der Waals surface area contributed by atoms with Crippen LogP contribution in [0.4, 0.5) is 0 Å². The maximum absolute atomic E-state index is 13.1. The number of morpholine rings is 1. The number of benzene rings is 1. The molecular formula is C18H23N3O6S. The molecule has 1 aromatic carbocycles. The van der Waals surface area contributed by atoms with Crippen LogP contribution in [-0.4, -0.2) is 67.5 Å². The van der Waals surface area contributed by atoms with Gasteiger partial charge in [0.25, 0.3) is 0 Å². The van der Waals surface area contributed by atoms with E-state index in [2.05, 4.69) is 0 Å². The zero-order valence-corrected chi connectivity index (χ0v) is 16.5. The van der Waals surface area contributed by atoms with Crippen LogP contribution in [0.25, 0.3) is 11.1 Å². The third-order valence-corrected chi connectivity index (χ3v) is 7.32. The summed E-state index contributed by atoms with van der Waals surface area (Å²) in [5.74, 6) is -0.897. The molecule has 0 bridgehead atoms. The summed E-state index contributed by atoms with van der Waals surface area (Å²) in [5, 5.41) is 0. The van der Waals surface area contributed by atoms with Crippen molar-refractivity contribution < 1.29 is 22.4 Å². The molecule has 1 atom stereocenters. The molecule has 152 valence electrons. The van der Waals surface area contributed by atoms with E-state index >= 15 is 0 Å². The number of hydrogen-bond donors (Lipinski definition) is 0. The lowest BCUT2D eigenvalue weighted by molar-refractivity contribution is -0.140. The first kappa shape index (κ1) is 19.2. The van der Waals surface area contributed by atoms with Gasteiger partial charge in [0.05, 0.1) is 29.5 Å². The van der Waals surface area contributed by atoms with Crippen LogP contribution in [0.2, 0.25) is 0 Å². The van der Waals surface area contributed by atoms with E-state index in [-0.39, 0.29) is 28.8 Å². The predicted molar refractivity (Wildman–Crippen MR) is 100 cm³/mol. The summed E-state index contributed by atoms with van der Waals surface area (Å²) in [7, 11) is -2.22. The van der Waals surface area contributed by atoms with Crippen molar-refractivity contribution in [1.82, 2.24) is 13.8 Å². The first-order valence-corrected chi connectivity index (χ1v) is 10.8. The topological polar surface area (TPSA) is 102 Å². The minimum Gasteiger partial charge on any atom is -0.408 e. The maximum Gasteiger partial charge on any atom is 0.419 e. The van der Waals surface area contributed by atoms with Gasteiger partial charge in [-0.2, -0.15) is 4.31 Å². The Morgan fingerprint density at radius 2 is 1.93 bits per heavy atom. The van der Waals surface area contributed by atoms with Gasteiger partial charge in [-0.3, -0.25) is 9.36 Å². The number of amides is 1. The van der Waals surface area contributed by atoms with E-state index in [4.69, 9.17) is 9.15 Å². The fraction of sp³-hybridized carbons (Fsp3) is 0.556. The summed E-state index contributed by atoms with van der Waals surface area (Å²) in [4.78, 5) is 26.3. The Morgan fingerprint density at radius 3 is 2.68 bits per heavy atom. The number of ether oxygens (including phenoxy) is 1. The number of rotatable bonds is 3. The molecule has 0 unspecified atom stereocenters. The molecule has 2 fully saturated rings. The van der Waals surface area contributed by atoms with E-state index in [1.165, 1.54) is 21.0 Å². The summed E-state index contributed by atoms with van der Waals surface area (Å²) in [6.07, 6.45) is 1.30. The average molecular weight is 409 g/mol. The summed E-state index contributed by atoms with van der Waals surface area (Å²) in [5.41, 5.74) is 0.759. The summed E-state index contributed by atoms with van der Waals surface area (Å²) < 4.78 is 39.3. The van der Waals surface area contributed by atoms with Crippen LogP contribution in [0, 0.1) is 5.92 Å². The zero-order chi connectivity index (χ0) is 19.9. The monoisotopic (exact) mass is 409 g/mol. The van der Waals surface area contributed by atoms with Crippen molar-refractivity contribution in [2.75, 3.05) is 39.4 Å². The first-order chi connectivity index (χ1) is 13.4. The standard InChI is InChI=1S/C18H23N3O6S/c1-19-15-5-4-14(11-16(15)27-18(19)23)28(24,25)21-6-2-3-13(12-21)17(22)20-7-9-26-10-8-20/h4-5,11,13H,2-3,6-10,12H2,1H3/t13-/m1/s1. The van der Waals surface area contributed by atoms with Gasteiger partial charge in [-0.1, -0.05) is 0 Å². The molecule has 2 aliphatic heterocycles. The summed E-state index contributed by atoms with van der Waals surface area (Å²) >= 11 is 0. The van der Waals surface area contributed by atoms with Gasteiger partial charge >= 0.3 is 5.76 Å². The third-order valence-electron chi connectivity index (χ3n) is 5.46. The molecule has 10 heteroatoms. The second-order valence-electron chi connectivity index (χ2n) is 7.20. The van der Waals surface area contributed by atoms with E-state index in [0.29, 0.717) is 51.2 Å². The van der Waals surface area contributed by atoms with Gasteiger partial charge in [0.2, 0.25) is 15.9 Å². The van der Waals surface area contributed by atoms with Crippen molar-refractivity contribution in [1.29, 1.82) is 0 Å². The lowest BCUT2D eigenvalue weighted by Gasteiger charge is -2.35. The second kappa shape index (κ2) is 7.34. The van der Waals surface area contributed by atoms with E-state index in [9.17, 15) is 18.0 Å². The predicted octanol–water partition coefficient (Wildman–Crippen LogP) is 0.391. The maximum atomic E-state index is 13.1. The number of nitrogens with zero attached hydrogens (tertiary/aromatic N) is 3. The van der Waals surface area contributed by atoms with Crippen LogP contribution in [0.5, 0.6) is 0 Å². The van der Waals surface area contributed by atoms with E-state index in [0.717, 1.165) is 0 Å². The normalized spacial score (nSPS) is 21.9. The number of aromatic nitrogens is 1. The first-order valence-electron chi connectivity index (χ1n) is 9.34. The number of carbonyl (C=O) groups is 1. The number of hydrogen-bond acceptors (Lipinski definition) is 6. The van der Waals surface area contributed by atoms with E-state index < -0.39 is 15.8 Å². The Bertz CT molecular complexity index is 1050. The Hall–Kier alpha value is -2.17. The van der Waals surface area contributed by atoms with Gasteiger partial charge < -0.3 is 14.1 Å². The highest BCUT2D eigenvalue weighted by Crippen LogP contribution is 2.27. The number of oxazole rings is 1. The molecular weight excluding hydrogens is 386 g/mol. The molecule has 2 aromatic rings. The van der Waals surface area contributed by atoms with Crippen LogP contribution in [0.3, 0.4) is 0 Å². The molecule has 0 aliphatic carbocycles. The van der Waals surface area contributed by atoms with Gasteiger partial charge in [-0.05, 0) is 25.0 Å². The van der Waals surface area contributed by atoms with Crippen LogP contribution in [-0.2, 0) is 26.6 Å². The summed E-state index contributed by atoms with van der Waals surface area (Å²) in [6.45, 7) is 2.66. The molecule has 0 radical (unpaired) electrons. The Balaban J connectivity index is 1.56. The molecule has 2 saturated heterocycles. The van der Waals surface area contributed by atoms with Crippen LogP contribution >= 0.6 is 0 Å². The van der Waals surface area contributed by atoms with Crippen molar-refractivity contribution in [2.45, 2.75) is 17.7 Å². The van der Waals surface area contributed by atoms with Crippen molar-refractivity contribution in [3.8, 4) is 0 Å². The Morgan fingerprint density at radius 1 is 1.18 bits per heavy atom. The minimum atomic E-state index is -3.79. The Labute approximate surface area is 162 Å². The molecule has 1 amide bonds. The van der Waals surface area contributed by atoms with Gasteiger partial charge in [-0.25, -0.2) is 13.2 Å². The molecule has 1 aromatic heterocycles. The fourth-order valence-electron chi connectivity index (χ4n) is 3.83. The Kier molecular flexibility index (Phi) is 5.02. The molecule has 0 N–H and O–H groups in total. The van der Waals surface area contributed by atoms with Gasteiger partial charge in [-0.15, -0.1) is 0 Å². The van der Waals surface area contributed by atoms with Crippen LogP contribution in [0.15, 0.2) is 32.3 Å². The molecule has 0 saturated carbocycles. The zero-order valence-electron chi connectivity index (χ0n) is 15.7. The van der Waals surface area contributed by atoms with Crippen molar-refractivity contribution in [2.24, 2.45) is 13.0 Å². The van der Waals surface area contributed by atoms with Crippen molar-refractivity contribution >= 4 is 27.0 Å². The van der Waals surface area contributed by atoms with Crippen molar-refractivity contribution in [3.63, 3.8) is 0 Å². The van der Waals surface area contributed by atoms with Gasteiger partial charge in [0.1, 0.15) is 0 Å². The number of fused-ring (bicyclic) bond motifs is 1. The number of piperidine rings is 1. The van der Waals surface area contributed by atoms with E-state index in [1.54, 1.807) is 18.0 Å². The lowest BCUT2D eigenvalue weighted by atomic mass is 9.98. The molecule has 2 aliphatic rings. The van der Waals surface area contributed by atoms with Gasteiger partial charge in [0, 0.05) is 39.3 Å². The summed E-state index contributed by atoms with van der Waals surface area (Å²) in [6, 6.07) is 4.41. The minimum absolute atomic E-state index is 0.00675. The number of sulfonamides is 1. The van der Waals surface area contributed by atoms with Crippen LogP contribution in [0.1, 0.15) is 12.8 Å². The molecule has 28 heavy (non-hydrogen) atoms. The highest BCUT2D eigenvalue weighted by Gasteiger charge is 2.35. The van der Waals surface area contributed by atoms with Gasteiger partial charge in [0.15, 0.2) is 5.58 Å². The lowest BCUT2D eigenvalue weighted by Crippen LogP contribution is -2.49. The SMILES string of the molecule is Cn1c(=O)oc2cc(S(=O)(=O)N3CCC[C@@H](C(=O)N4CCOCC4)C3)ccc21. The molecule has 0 spiro atoms. The van der Waals surface area contributed by atoms with E-state index in [1.807, 2.05) is 0 Å². The number of carbonyl (C=O) groups excluding carboxylic acids is 1. The van der Waals surface area contributed by atoms with Crippen LogP contribution < -0.4 is 5.76 Å². The molecule has 3 heterocycles. The fourth-order valence-corrected chi connectivity index (χ4v) is 5.37. The quantitative estimate of drug-likeness (QED) is 0.727. The molecule has 4 rings (SSSR count). The third kappa shape index (κ3) is 3.36. The smallest absolute Gasteiger partial charge is 0.408 e. The molecule has 9 nitrogen and oxygen atoms in total.